The van der Waals surface area contributed by atoms with Gasteiger partial charge in [0.15, 0.2) is 10.9 Å². The van der Waals surface area contributed by atoms with Gasteiger partial charge in [-0.25, -0.2) is 4.98 Å². The normalized spacial score (nSPS) is 11.8. The maximum Gasteiger partial charge on any atom is 0.266 e. The first kappa shape index (κ1) is 22.5. The van der Waals surface area contributed by atoms with Crippen molar-refractivity contribution in [1.29, 1.82) is 0 Å². The van der Waals surface area contributed by atoms with Crippen LogP contribution in [0.15, 0.2) is 82.7 Å². The van der Waals surface area contributed by atoms with Gasteiger partial charge in [-0.05, 0) is 56.7 Å². The van der Waals surface area contributed by atoms with Crippen molar-refractivity contribution in [3.63, 3.8) is 0 Å². The average molecular weight is 458 g/mol. The van der Waals surface area contributed by atoms with Gasteiger partial charge in [-0.3, -0.25) is 19.0 Å². The Morgan fingerprint density at radius 1 is 0.970 bits per heavy atom. The van der Waals surface area contributed by atoms with E-state index in [0.29, 0.717) is 27.3 Å². The Bertz CT molecular complexity index is 1430. The molecule has 0 spiro atoms. The summed E-state index contributed by atoms with van der Waals surface area (Å²) in [5.74, 6) is -0.414. The van der Waals surface area contributed by atoms with Gasteiger partial charge in [-0.2, -0.15) is 0 Å². The quantitative estimate of drug-likeness (QED) is 0.250. The van der Waals surface area contributed by atoms with E-state index in [2.05, 4.69) is 5.32 Å². The average Bonchev–Trinajstić information content (AvgIpc) is 2.80. The van der Waals surface area contributed by atoms with Gasteiger partial charge in [0.25, 0.3) is 5.56 Å². The summed E-state index contributed by atoms with van der Waals surface area (Å²) in [7, 11) is 0. The van der Waals surface area contributed by atoms with Crippen LogP contribution in [-0.2, 0) is 4.79 Å². The minimum Gasteiger partial charge on any atom is -0.324 e. The summed E-state index contributed by atoms with van der Waals surface area (Å²) in [6.45, 7) is 5.14. The molecule has 0 saturated heterocycles. The number of amides is 1. The molecule has 1 aromatic heterocycles. The van der Waals surface area contributed by atoms with E-state index in [-0.39, 0.29) is 17.2 Å². The van der Waals surface area contributed by atoms with Gasteiger partial charge in [0.1, 0.15) is 0 Å². The van der Waals surface area contributed by atoms with E-state index in [1.54, 1.807) is 47.9 Å². The zero-order valence-corrected chi connectivity index (χ0v) is 19.3. The molecule has 0 aliphatic carbocycles. The molecule has 6 nitrogen and oxygen atoms in total. The van der Waals surface area contributed by atoms with Crippen molar-refractivity contribution in [2.75, 3.05) is 5.32 Å². The molecule has 0 saturated carbocycles. The third-order valence-corrected chi connectivity index (χ3v) is 6.37. The van der Waals surface area contributed by atoms with Gasteiger partial charge in [0.2, 0.25) is 5.91 Å². The highest BCUT2D eigenvalue weighted by Gasteiger charge is 2.22. The molecule has 1 amide bonds. The number of fused-ring (bicyclic) bond motifs is 1. The molecule has 4 aromatic rings. The standard InChI is InChI=1S/C26H23N3O3S/c1-16-10-4-9-15-23(16)29-25(32)20-12-6-8-14-22(20)28-26(29)33-18(3)24(31)27-21-13-7-5-11-19(21)17(2)30/h4-15,18H,1-3H3,(H,27,31). The lowest BCUT2D eigenvalue weighted by Crippen LogP contribution is -2.27. The second-order valence-corrected chi connectivity index (χ2v) is 9.00. The van der Waals surface area contributed by atoms with E-state index < -0.39 is 5.25 Å². The Kier molecular flexibility index (Phi) is 6.42. The first-order valence-electron chi connectivity index (χ1n) is 10.5. The fourth-order valence-electron chi connectivity index (χ4n) is 3.56. The summed E-state index contributed by atoms with van der Waals surface area (Å²) >= 11 is 1.20. The second-order valence-electron chi connectivity index (χ2n) is 7.69. The minimum absolute atomic E-state index is 0.129. The summed E-state index contributed by atoms with van der Waals surface area (Å²) in [6, 6.07) is 21.6. The van der Waals surface area contributed by atoms with Crippen molar-refractivity contribution in [2.45, 2.75) is 31.2 Å². The summed E-state index contributed by atoms with van der Waals surface area (Å²) < 4.78 is 1.57. The van der Waals surface area contributed by atoms with Crippen LogP contribution in [0.3, 0.4) is 0 Å². The number of carbonyl (C=O) groups excluding carboxylic acids is 2. The largest absolute Gasteiger partial charge is 0.324 e. The summed E-state index contributed by atoms with van der Waals surface area (Å²) in [5, 5.41) is 3.20. The Morgan fingerprint density at radius 3 is 2.39 bits per heavy atom. The van der Waals surface area contributed by atoms with Gasteiger partial charge in [0.05, 0.1) is 27.5 Å². The van der Waals surface area contributed by atoms with E-state index >= 15 is 0 Å². The number of thioether (sulfide) groups is 1. The molecule has 0 bridgehead atoms. The van der Waals surface area contributed by atoms with Crippen LogP contribution in [0.5, 0.6) is 0 Å². The lowest BCUT2D eigenvalue weighted by atomic mass is 10.1. The minimum atomic E-state index is -0.576. The fourth-order valence-corrected chi connectivity index (χ4v) is 4.48. The molecule has 3 aromatic carbocycles. The molecular formula is C26H23N3O3S. The number of hydrogen-bond donors (Lipinski definition) is 1. The number of anilines is 1. The van der Waals surface area contributed by atoms with Crippen molar-refractivity contribution in [2.24, 2.45) is 0 Å². The van der Waals surface area contributed by atoms with E-state index in [9.17, 15) is 14.4 Å². The van der Waals surface area contributed by atoms with Crippen LogP contribution in [0.2, 0.25) is 0 Å². The highest BCUT2D eigenvalue weighted by molar-refractivity contribution is 8.00. The van der Waals surface area contributed by atoms with E-state index in [1.165, 1.54) is 18.7 Å². The molecule has 4 rings (SSSR count). The van der Waals surface area contributed by atoms with Gasteiger partial charge < -0.3 is 5.32 Å². The lowest BCUT2D eigenvalue weighted by molar-refractivity contribution is -0.115. The fraction of sp³-hybridized carbons (Fsp3) is 0.154. The molecule has 0 aliphatic heterocycles. The van der Waals surface area contributed by atoms with Crippen LogP contribution >= 0.6 is 11.8 Å². The second kappa shape index (κ2) is 9.42. The monoisotopic (exact) mass is 457 g/mol. The number of ketones is 1. The van der Waals surface area contributed by atoms with Crippen LogP contribution in [-0.4, -0.2) is 26.5 Å². The molecular weight excluding hydrogens is 434 g/mol. The smallest absolute Gasteiger partial charge is 0.266 e. The van der Waals surface area contributed by atoms with Crippen LogP contribution in [0.4, 0.5) is 5.69 Å². The molecule has 1 atom stereocenters. The predicted molar refractivity (Wildman–Crippen MR) is 132 cm³/mol. The Labute approximate surface area is 195 Å². The number of aryl methyl sites for hydroxylation is 1. The number of hydrogen-bond acceptors (Lipinski definition) is 5. The van der Waals surface area contributed by atoms with Crippen molar-refractivity contribution in [3.8, 4) is 5.69 Å². The number of nitrogens with zero attached hydrogens (tertiary/aromatic N) is 2. The predicted octanol–water partition coefficient (Wildman–Crippen LogP) is 5.02. The van der Waals surface area contributed by atoms with Gasteiger partial charge >= 0.3 is 0 Å². The number of para-hydroxylation sites is 3. The van der Waals surface area contributed by atoms with Crippen molar-refractivity contribution in [1.82, 2.24) is 9.55 Å². The lowest BCUT2D eigenvalue weighted by Gasteiger charge is -2.18. The van der Waals surface area contributed by atoms with E-state index in [0.717, 1.165) is 11.3 Å². The highest BCUT2D eigenvalue weighted by Crippen LogP contribution is 2.27. The van der Waals surface area contributed by atoms with E-state index in [4.69, 9.17) is 4.98 Å². The summed E-state index contributed by atoms with van der Waals surface area (Å²) in [6.07, 6.45) is 0. The Balaban J connectivity index is 1.73. The van der Waals surface area contributed by atoms with Crippen molar-refractivity contribution in [3.05, 3.63) is 94.3 Å². The van der Waals surface area contributed by atoms with Crippen LogP contribution in [0, 0.1) is 6.92 Å². The summed E-state index contributed by atoms with van der Waals surface area (Å²) in [4.78, 5) is 43.1. The molecule has 1 heterocycles. The summed E-state index contributed by atoms with van der Waals surface area (Å²) in [5.41, 5.74) is 2.94. The van der Waals surface area contributed by atoms with Crippen LogP contribution in [0.1, 0.15) is 29.8 Å². The number of aromatic nitrogens is 2. The SMILES string of the molecule is CC(=O)c1ccccc1NC(=O)C(C)Sc1nc2ccccc2c(=O)n1-c1ccccc1C. The van der Waals surface area contributed by atoms with Crippen molar-refractivity contribution >= 4 is 40.0 Å². The molecule has 0 fully saturated rings. The highest BCUT2D eigenvalue weighted by atomic mass is 32.2. The van der Waals surface area contributed by atoms with E-state index in [1.807, 2.05) is 43.3 Å². The molecule has 1 N–H and O–H groups in total. The first-order chi connectivity index (χ1) is 15.9. The van der Waals surface area contributed by atoms with Gasteiger partial charge in [-0.15, -0.1) is 0 Å². The molecule has 7 heteroatoms. The maximum atomic E-state index is 13.4. The topological polar surface area (TPSA) is 81.1 Å². The van der Waals surface area contributed by atoms with Gasteiger partial charge in [-0.1, -0.05) is 54.2 Å². The van der Waals surface area contributed by atoms with Crippen molar-refractivity contribution < 1.29 is 9.59 Å². The number of rotatable bonds is 6. The molecule has 166 valence electrons. The zero-order valence-electron chi connectivity index (χ0n) is 18.5. The van der Waals surface area contributed by atoms with Gasteiger partial charge in [0, 0.05) is 5.56 Å². The number of nitrogens with one attached hydrogen (secondary N) is 1. The number of benzene rings is 3. The first-order valence-corrected chi connectivity index (χ1v) is 11.4. The number of carbonyl (C=O) groups is 2. The molecule has 1 unspecified atom stereocenters. The molecule has 0 radical (unpaired) electrons. The zero-order chi connectivity index (χ0) is 23.5. The molecule has 0 aliphatic rings. The third kappa shape index (κ3) is 4.59. The van der Waals surface area contributed by atoms with Crippen LogP contribution in [0.25, 0.3) is 16.6 Å². The maximum absolute atomic E-state index is 13.4. The van der Waals surface area contributed by atoms with Crippen LogP contribution < -0.4 is 10.9 Å². The Morgan fingerprint density at radius 2 is 1.64 bits per heavy atom. The number of Topliss-reactive ketones (excluding diaryl/α,β-unsaturated/α-hetero) is 1. The Hall–Kier alpha value is -3.71. The third-order valence-electron chi connectivity index (χ3n) is 5.32. The molecule has 33 heavy (non-hydrogen) atoms.